The van der Waals surface area contributed by atoms with Crippen LogP contribution in [0.4, 0.5) is 0 Å². The highest BCUT2D eigenvalue weighted by Crippen LogP contribution is 2.18. The number of methoxy groups -OCH3 is 1. The molecule has 0 aliphatic carbocycles. The van der Waals surface area contributed by atoms with E-state index in [1.165, 1.54) is 11.1 Å². The maximum atomic E-state index is 5.30. The second-order valence-electron chi connectivity index (χ2n) is 4.37. The summed E-state index contributed by atoms with van der Waals surface area (Å²) >= 11 is 0. The Morgan fingerprint density at radius 1 is 0.842 bits per heavy atom. The molecule has 0 aliphatic heterocycles. The molecule has 0 atom stereocenters. The van der Waals surface area contributed by atoms with Crippen molar-refractivity contribution in [3.05, 3.63) is 77.4 Å². The predicted octanol–water partition coefficient (Wildman–Crippen LogP) is 4.73. The third-order valence-electron chi connectivity index (χ3n) is 2.89. The van der Waals surface area contributed by atoms with E-state index in [-0.39, 0.29) is 0 Å². The molecule has 1 heteroatoms. The van der Waals surface area contributed by atoms with Gasteiger partial charge in [0, 0.05) is 5.56 Å². The molecule has 0 heterocycles. The van der Waals surface area contributed by atoms with Gasteiger partial charge in [-0.1, -0.05) is 72.3 Å². The first-order chi connectivity index (χ1) is 9.29. The maximum Gasteiger partial charge on any atom is 0.126 e. The molecule has 0 amide bonds. The molecule has 19 heavy (non-hydrogen) atoms. The Balaban J connectivity index is 2.05. The first kappa shape index (κ1) is 13.2. The van der Waals surface area contributed by atoms with E-state index in [1.807, 2.05) is 42.5 Å². The smallest absolute Gasteiger partial charge is 0.126 e. The average Bonchev–Trinajstić information content (AvgIpc) is 2.46. The third-order valence-corrected chi connectivity index (χ3v) is 2.89. The first-order valence-electron chi connectivity index (χ1n) is 6.34. The van der Waals surface area contributed by atoms with Gasteiger partial charge in [0.05, 0.1) is 7.11 Å². The quantitative estimate of drug-likeness (QED) is 0.713. The molecule has 96 valence electrons. The van der Waals surface area contributed by atoms with Gasteiger partial charge in [-0.05, 0) is 18.6 Å². The highest BCUT2D eigenvalue weighted by atomic mass is 16.5. The lowest BCUT2D eigenvalue weighted by Gasteiger charge is -2.02. The van der Waals surface area contributed by atoms with E-state index in [1.54, 1.807) is 7.11 Å². The molecule has 0 spiro atoms. The van der Waals surface area contributed by atoms with Crippen molar-refractivity contribution in [1.82, 2.24) is 0 Å². The highest BCUT2D eigenvalue weighted by Gasteiger charge is 1.94. The van der Waals surface area contributed by atoms with Crippen LogP contribution in [0.1, 0.15) is 16.7 Å². The van der Waals surface area contributed by atoms with E-state index in [0.717, 1.165) is 11.3 Å². The Labute approximate surface area is 114 Å². The van der Waals surface area contributed by atoms with Crippen molar-refractivity contribution in [1.29, 1.82) is 0 Å². The van der Waals surface area contributed by atoms with E-state index < -0.39 is 0 Å². The minimum atomic E-state index is 0.891. The summed E-state index contributed by atoms with van der Waals surface area (Å²) in [5.74, 6) is 0.891. The monoisotopic (exact) mass is 250 g/mol. The van der Waals surface area contributed by atoms with Crippen LogP contribution in [0.5, 0.6) is 5.75 Å². The van der Waals surface area contributed by atoms with Gasteiger partial charge < -0.3 is 4.74 Å². The van der Waals surface area contributed by atoms with Crippen LogP contribution in [0.2, 0.25) is 0 Å². The minimum Gasteiger partial charge on any atom is -0.496 e. The number of allylic oxidation sites excluding steroid dienone is 2. The summed E-state index contributed by atoms with van der Waals surface area (Å²) in [6, 6.07) is 16.4. The fourth-order valence-corrected chi connectivity index (χ4v) is 1.81. The van der Waals surface area contributed by atoms with Crippen LogP contribution in [0.25, 0.3) is 12.2 Å². The summed E-state index contributed by atoms with van der Waals surface area (Å²) in [7, 11) is 1.69. The fraction of sp³-hybridized carbons (Fsp3) is 0.111. The van der Waals surface area contributed by atoms with Crippen molar-refractivity contribution >= 4 is 12.2 Å². The number of para-hydroxylation sites is 1. The molecule has 1 nitrogen and oxygen atoms in total. The van der Waals surface area contributed by atoms with Gasteiger partial charge in [-0.15, -0.1) is 0 Å². The molecule has 0 aromatic heterocycles. The lowest BCUT2D eigenvalue weighted by molar-refractivity contribution is 0.414. The number of hydrogen-bond donors (Lipinski definition) is 0. The molecule has 0 radical (unpaired) electrons. The minimum absolute atomic E-state index is 0.891. The molecule has 0 N–H and O–H groups in total. The van der Waals surface area contributed by atoms with Crippen molar-refractivity contribution in [3.63, 3.8) is 0 Å². The molecule has 0 unspecified atom stereocenters. The topological polar surface area (TPSA) is 9.23 Å². The molecule has 2 aromatic rings. The van der Waals surface area contributed by atoms with Crippen LogP contribution >= 0.6 is 0 Å². The average molecular weight is 250 g/mol. The molecule has 2 rings (SSSR count). The standard InChI is InChI=1S/C18H18O/c1-15-11-13-16(14-12-15)7-3-4-8-17-9-5-6-10-18(17)19-2/h3-14H,1-2H3/b7-3+,8-4+. The fourth-order valence-electron chi connectivity index (χ4n) is 1.81. The second-order valence-corrected chi connectivity index (χ2v) is 4.37. The maximum absolute atomic E-state index is 5.30. The van der Waals surface area contributed by atoms with Crippen LogP contribution in [0.3, 0.4) is 0 Å². The normalized spacial score (nSPS) is 11.3. The van der Waals surface area contributed by atoms with Crippen LogP contribution in [0, 0.1) is 6.92 Å². The number of ether oxygens (including phenoxy) is 1. The number of benzene rings is 2. The Morgan fingerprint density at radius 3 is 2.26 bits per heavy atom. The van der Waals surface area contributed by atoms with Crippen molar-refractivity contribution in [2.75, 3.05) is 7.11 Å². The van der Waals surface area contributed by atoms with Crippen molar-refractivity contribution in [2.24, 2.45) is 0 Å². The zero-order chi connectivity index (χ0) is 13.5. The molecule has 0 aliphatic rings. The Morgan fingerprint density at radius 2 is 1.53 bits per heavy atom. The van der Waals surface area contributed by atoms with Crippen LogP contribution in [-0.2, 0) is 0 Å². The first-order valence-corrected chi connectivity index (χ1v) is 6.34. The van der Waals surface area contributed by atoms with E-state index in [4.69, 9.17) is 4.74 Å². The van der Waals surface area contributed by atoms with Crippen molar-refractivity contribution < 1.29 is 4.74 Å². The lowest BCUT2D eigenvalue weighted by Crippen LogP contribution is -1.84. The zero-order valence-electron chi connectivity index (χ0n) is 11.3. The molecular formula is C18H18O. The Kier molecular flexibility index (Phi) is 4.57. The van der Waals surface area contributed by atoms with Gasteiger partial charge in [0.1, 0.15) is 5.75 Å². The molecule has 0 fully saturated rings. The SMILES string of the molecule is COc1ccccc1/C=C/C=C/c1ccc(C)cc1. The van der Waals surface area contributed by atoms with Gasteiger partial charge in [0.15, 0.2) is 0 Å². The largest absolute Gasteiger partial charge is 0.496 e. The van der Waals surface area contributed by atoms with Gasteiger partial charge in [-0.25, -0.2) is 0 Å². The molecular weight excluding hydrogens is 232 g/mol. The van der Waals surface area contributed by atoms with E-state index in [9.17, 15) is 0 Å². The number of hydrogen-bond acceptors (Lipinski definition) is 1. The summed E-state index contributed by atoms with van der Waals surface area (Å²) in [6.45, 7) is 2.09. The highest BCUT2D eigenvalue weighted by molar-refractivity contribution is 5.61. The van der Waals surface area contributed by atoms with Crippen molar-refractivity contribution in [3.8, 4) is 5.75 Å². The number of aryl methyl sites for hydroxylation is 1. The molecule has 0 saturated carbocycles. The van der Waals surface area contributed by atoms with Crippen LogP contribution in [0.15, 0.2) is 60.7 Å². The Bertz CT molecular complexity index is 577. The predicted molar refractivity (Wildman–Crippen MR) is 82.2 cm³/mol. The molecule has 0 bridgehead atoms. The summed E-state index contributed by atoms with van der Waals surface area (Å²) in [6.07, 6.45) is 8.20. The van der Waals surface area contributed by atoms with Gasteiger partial charge in [0.2, 0.25) is 0 Å². The summed E-state index contributed by atoms with van der Waals surface area (Å²) in [4.78, 5) is 0. The third kappa shape index (κ3) is 3.85. The van der Waals surface area contributed by atoms with Crippen molar-refractivity contribution in [2.45, 2.75) is 6.92 Å². The van der Waals surface area contributed by atoms with Gasteiger partial charge >= 0.3 is 0 Å². The van der Waals surface area contributed by atoms with Gasteiger partial charge in [-0.2, -0.15) is 0 Å². The zero-order valence-corrected chi connectivity index (χ0v) is 11.3. The van der Waals surface area contributed by atoms with Gasteiger partial charge in [0.25, 0.3) is 0 Å². The lowest BCUT2D eigenvalue weighted by atomic mass is 10.1. The summed E-state index contributed by atoms with van der Waals surface area (Å²) < 4.78 is 5.30. The summed E-state index contributed by atoms with van der Waals surface area (Å²) in [5.41, 5.74) is 3.57. The number of rotatable bonds is 4. The Hall–Kier alpha value is -2.28. The van der Waals surface area contributed by atoms with Gasteiger partial charge in [-0.3, -0.25) is 0 Å². The second kappa shape index (κ2) is 6.60. The van der Waals surface area contributed by atoms with E-state index in [2.05, 4.69) is 37.3 Å². The van der Waals surface area contributed by atoms with E-state index >= 15 is 0 Å². The molecule has 2 aromatic carbocycles. The van der Waals surface area contributed by atoms with Crippen LogP contribution in [-0.4, -0.2) is 7.11 Å². The summed E-state index contributed by atoms with van der Waals surface area (Å²) in [5, 5.41) is 0. The van der Waals surface area contributed by atoms with Crippen LogP contribution < -0.4 is 4.74 Å². The molecule has 0 saturated heterocycles. The van der Waals surface area contributed by atoms with E-state index in [0.29, 0.717) is 0 Å².